The quantitative estimate of drug-likeness (QED) is 0.726. The van der Waals surface area contributed by atoms with Crippen LogP contribution in [0.15, 0.2) is 17.3 Å². The predicted molar refractivity (Wildman–Crippen MR) is 79.6 cm³/mol. The van der Waals surface area contributed by atoms with Crippen LogP contribution in [-0.2, 0) is 13.6 Å². The number of thioether (sulfide) groups is 1. The average Bonchev–Trinajstić information content (AvgIpc) is 2.90. The Kier molecular flexibility index (Phi) is 4.01. The minimum atomic E-state index is -0.493. The summed E-state index contributed by atoms with van der Waals surface area (Å²) in [4.78, 5) is 12.5. The predicted octanol–water partition coefficient (Wildman–Crippen LogP) is 1.50. The fourth-order valence-electron chi connectivity index (χ4n) is 1.68. The molecule has 0 aliphatic carbocycles. The first kappa shape index (κ1) is 13.8. The van der Waals surface area contributed by atoms with Gasteiger partial charge < -0.3 is 16.8 Å². The summed E-state index contributed by atoms with van der Waals surface area (Å²) in [6.45, 7) is 0.625. The molecular weight excluding hydrogens is 282 g/mol. The summed E-state index contributed by atoms with van der Waals surface area (Å²) in [6, 6.07) is 0. The van der Waals surface area contributed by atoms with Crippen molar-refractivity contribution in [3.05, 3.63) is 22.8 Å². The van der Waals surface area contributed by atoms with Gasteiger partial charge in [0.25, 0.3) is 5.91 Å². The molecule has 6 nitrogen and oxygen atoms in total. The number of amides is 1. The molecule has 2 aromatic heterocycles. The van der Waals surface area contributed by atoms with E-state index in [0.717, 1.165) is 15.5 Å². The average molecular weight is 297 g/mol. The maximum Gasteiger partial charge on any atom is 0.261 e. The number of hydrogen-bond acceptors (Lipinski definition) is 6. The summed E-state index contributed by atoms with van der Waals surface area (Å²) in [7, 11) is 1.87. The van der Waals surface area contributed by atoms with Gasteiger partial charge in [-0.3, -0.25) is 9.48 Å². The van der Waals surface area contributed by atoms with Crippen LogP contribution in [0.4, 0.5) is 10.7 Å². The highest BCUT2D eigenvalue weighted by atomic mass is 32.2. The molecule has 0 aliphatic rings. The van der Waals surface area contributed by atoms with Gasteiger partial charge in [-0.2, -0.15) is 5.10 Å². The first-order valence-corrected chi connectivity index (χ1v) is 7.54. The van der Waals surface area contributed by atoms with Crippen LogP contribution < -0.4 is 16.8 Å². The fourth-order valence-corrected chi connectivity index (χ4v) is 3.56. The topological polar surface area (TPSA) is 99.0 Å². The molecule has 102 valence electrons. The number of primary amides is 1. The molecule has 0 unspecified atom stereocenters. The van der Waals surface area contributed by atoms with E-state index in [4.69, 9.17) is 11.5 Å². The highest BCUT2D eigenvalue weighted by Gasteiger charge is 2.18. The molecule has 0 spiro atoms. The summed E-state index contributed by atoms with van der Waals surface area (Å²) in [6.07, 6.45) is 5.63. The summed E-state index contributed by atoms with van der Waals surface area (Å²) >= 11 is 2.78. The second kappa shape index (κ2) is 5.54. The molecule has 1 amide bonds. The highest BCUT2D eigenvalue weighted by Crippen LogP contribution is 2.41. The number of carbonyl (C=O) groups excluding carboxylic acids is 1. The van der Waals surface area contributed by atoms with E-state index in [9.17, 15) is 4.79 Å². The number of anilines is 2. The van der Waals surface area contributed by atoms with E-state index >= 15 is 0 Å². The lowest BCUT2D eigenvalue weighted by atomic mass is 10.3. The van der Waals surface area contributed by atoms with Crippen molar-refractivity contribution in [2.24, 2.45) is 12.8 Å². The number of nitrogen functional groups attached to an aromatic ring is 1. The van der Waals surface area contributed by atoms with Gasteiger partial charge in [-0.25, -0.2) is 0 Å². The van der Waals surface area contributed by atoms with E-state index in [-0.39, 0.29) is 0 Å². The molecular formula is C11H15N5OS2. The Morgan fingerprint density at radius 1 is 1.63 bits per heavy atom. The van der Waals surface area contributed by atoms with Crippen molar-refractivity contribution in [3.8, 4) is 0 Å². The Morgan fingerprint density at radius 3 is 2.89 bits per heavy atom. The molecule has 0 radical (unpaired) electrons. The molecule has 0 saturated carbocycles. The Bertz CT molecular complexity index is 604. The van der Waals surface area contributed by atoms with E-state index in [1.807, 2.05) is 19.5 Å². The Balaban J connectivity index is 2.20. The third kappa shape index (κ3) is 2.85. The zero-order chi connectivity index (χ0) is 14.0. The largest absolute Gasteiger partial charge is 0.396 e. The zero-order valence-corrected chi connectivity index (χ0v) is 12.3. The van der Waals surface area contributed by atoms with Crippen molar-refractivity contribution >= 4 is 39.7 Å². The van der Waals surface area contributed by atoms with Gasteiger partial charge in [0.05, 0.1) is 16.8 Å². The van der Waals surface area contributed by atoms with Crippen LogP contribution in [0.25, 0.3) is 0 Å². The van der Waals surface area contributed by atoms with Crippen LogP contribution in [0.2, 0.25) is 0 Å². The number of aromatic nitrogens is 2. The van der Waals surface area contributed by atoms with Gasteiger partial charge >= 0.3 is 0 Å². The van der Waals surface area contributed by atoms with Gasteiger partial charge in [-0.1, -0.05) is 0 Å². The van der Waals surface area contributed by atoms with Crippen molar-refractivity contribution < 1.29 is 4.79 Å². The molecule has 2 rings (SSSR count). The zero-order valence-electron chi connectivity index (χ0n) is 10.6. The fraction of sp³-hybridized carbons (Fsp3) is 0.273. The molecule has 0 saturated heterocycles. The van der Waals surface area contributed by atoms with Gasteiger partial charge in [0.15, 0.2) is 0 Å². The Labute approximate surface area is 119 Å². The Morgan fingerprint density at radius 2 is 2.37 bits per heavy atom. The molecule has 8 heteroatoms. The number of thiophene rings is 1. The number of aryl methyl sites for hydroxylation is 1. The summed E-state index contributed by atoms with van der Waals surface area (Å²) in [5.74, 6) is -0.493. The van der Waals surface area contributed by atoms with Crippen molar-refractivity contribution in [2.75, 3.05) is 17.3 Å². The number of rotatable bonds is 5. The monoisotopic (exact) mass is 297 g/mol. The van der Waals surface area contributed by atoms with Crippen LogP contribution in [0, 0.1) is 0 Å². The summed E-state index contributed by atoms with van der Waals surface area (Å²) < 4.78 is 1.74. The summed E-state index contributed by atoms with van der Waals surface area (Å²) in [5.41, 5.74) is 12.7. The molecule has 0 atom stereocenters. The highest BCUT2D eigenvalue weighted by molar-refractivity contribution is 7.99. The molecule has 0 fully saturated rings. The van der Waals surface area contributed by atoms with E-state index in [1.165, 1.54) is 23.1 Å². The van der Waals surface area contributed by atoms with Gasteiger partial charge in [-0.15, -0.1) is 23.1 Å². The van der Waals surface area contributed by atoms with E-state index < -0.39 is 5.91 Å². The third-order valence-electron chi connectivity index (χ3n) is 2.54. The standard InChI is InChI=1S/C11H15N5OS2/c1-16-5-6(4-15-16)3-14-11-9(18-2)7(12)8(19-11)10(13)17/h4-5,14H,3,12H2,1-2H3,(H2,13,17). The lowest BCUT2D eigenvalue weighted by Gasteiger charge is -2.04. The molecule has 2 heterocycles. The smallest absolute Gasteiger partial charge is 0.261 e. The van der Waals surface area contributed by atoms with Crippen LogP contribution >= 0.6 is 23.1 Å². The second-order valence-electron chi connectivity index (χ2n) is 3.95. The van der Waals surface area contributed by atoms with Crippen molar-refractivity contribution in [2.45, 2.75) is 11.4 Å². The molecule has 0 aromatic carbocycles. The third-order valence-corrected chi connectivity index (χ3v) is 4.68. The van der Waals surface area contributed by atoms with Gasteiger partial charge in [-0.05, 0) is 6.26 Å². The normalized spacial score (nSPS) is 10.6. The maximum atomic E-state index is 11.3. The second-order valence-corrected chi connectivity index (χ2v) is 5.78. The molecule has 0 bridgehead atoms. The van der Waals surface area contributed by atoms with Crippen LogP contribution in [0.1, 0.15) is 15.2 Å². The number of hydrogen-bond donors (Lipinski definition) is 3. The van der Waals surface area contributed by atoms with Crippen molar-refractivity contribution in [1.82, 2.24) is 9.78 Å². The Hall–Kier alpha value is -1.67. The number of nitrogens with zero attached hydrogens (tertiary/aromatic N) is 2. The molecule has 2 aromatic rings. The maximum absolute atomic E-state index is 11.3. The minimum Gasteiger partial charge on any atom is -0.396 e. The molecule has 5 N–H and O–H groups in total. The van der Waals surface area contributed by atoms with Gasteiger partial charge in [0.1, 0.15) is 9.88 Å². The summed E-state index contributed by atoms with van der Waals surface area (Å²) in [5, 5.41) is 8.23. The molecule has 19 heavy (non-hydrogen) atoms. The lowest BCUT2D eigenvalue weighted by molar-refractivity contribution is 0.100. The van der Waals surface area contributed by atoms with Crippen LogP contribution in [-0.4, -0.2) is 21.9 Å². The lowest BCUT2D eigenvalue weighted by Crippen LogP contribution is -2.10. The molecule has 0 aliphatic heterocycles. The number of carbonyl (C=O) groups is 1. The SMILES string of the molecule is CSc1c(NCc2cnn(C)c2)sc(C(N)=O)c1N. The van der Waals surface area contributed by atoms with Crippen LogP contribution in [0.3, 0.4) is 0 Å². The van der Waals surface area contributed by atoms with E-state index in [0.29, 0.717) is 17.1 Å². The van der Waals surface area contributed by atoms with E-state index in [2.05, 4.69) is 10.4 Å². The van der Waals surface area contributed by atoms with Crippen LogP contribution in [0.5, 0.6) is 0 Å². The van der Waals surface area contributed by atoms with Gasteiger partial charge in [0.2, 0.25) is 0 Å². The van der Waals surface area contributed by atoms with Gasteiger partial charge in [0, 0.05) is 25.4 Å². The van der Waals surface area contributed by atoms with Crippen molar-refractivity contribution in [3.63, 3.8) is 0 Å². The number of nitrogens with one attached hydrogen (secondary N) is 1. The number of nitrogens with two attached hydrogens (primary N) is 2. The first-order chi connectivity index (χ1) is 9.02. The minimum absolute atomic E-state index is 0.401. The first-order valence-electron chi connectivity index (χ1n) is 5.50. The van der Waals surface area contributed by atoms with Crippen molar-refractivity contribution in [1.29, 1.82) is 0 Å². The van der Waals surface area contributed by atoms with E-state index in [1.54, 1.807) is 10.9 Å².